The van der Waals surface area contributed by atoms with Crippen molar-refractivity contribution in [2.75, 3.05) is 13.3 Å². The van der Waals surface area contributed by atoms with E-state index in [1.165, 1.54) is 0 Å². The molecule has 1 aliphatic heterocycles. The summed E-state index contributed by atoms with van der Waals surface area (Å²) in [7, 11) is 0. The Bertz CT molecular complexity index is 1080. The van der Waals surface area contributed by atoms with Crippen molar-refractivity contribution in [1.29, 1.82) is 0 Å². The molecule has 0 bridgehead atoms. The molecule has 0 spiro atoms. The second-order valence-electron chi connectivity index (χ2n) is 8.60. The lowest BCUT2D eigenvalue weighted by molar-refractivity contribution is -0.146. The van der Waals surface area contributed by atoms with E-state index in [1.807, 2.05) is 12.1 Å². The first kappa shape index (κ1) is 27.8. The van der Waals surface area contributed by atoms with Gasteiger partial charge in [-0.3, -0.25) is 0 Å². The number of hydrogen-bond donors (Lipinski definition) is 0. The number of alkyl halides is 3. The molecule has 36 heavy (non-hydrogen) atoms. The zero-order valence-electron chi connectivity index (χ0n) is 19.9. The third kappa shape index (κ3) is 6.49. The van der Waals surface area contributed by atoms with E-state index in [9.17, 15) is 30.7 Å². The highest BCUT2D eigenvalue weighted by Crippen LogP contribution is 2.35. The molecule has 0 radical (unpaired) electrons. The van der Waals surface area contributed by atoms with Crippen molar-refractivity contribution in [3.8, 4) is 5.75 Å². The number of allylic oxidation sites excluding steroid dienone is 3. The maximum atomic E-state index is 14.8. The number of halogens is 7. The van der Waals surface area contributed by atoms with E-state index >= 15 is 0 Å². The van der Waals surface area contributed by atoms with Crippen LogP contribution in [0.3, 0.4) is 0 Å². The molecule has 2 aromatic carbocycles. The summed E-state index contributed by atoms with van der Waals surface area (Å²) in [6, 6.07) is 7.38. The van der Waals surface area contributed by atoms with E-state index in [0.29, 0.717) is 23.7 Å². The van der Waals surface area contributed by atoms with Crippen LogP contribution in [0, 0.1) is 23.4 Å². The van der Waals surface area contributed by atoms with E-state index in [0.717, 1.165) is 30.9 Å². The minimum Gasteiger partial charge on any atom is -0.429 e. The molecule has 9 heteroatoms. The van der Waals surface area contributed by atoms with Crippen LogP contribution in [0.25, 0.3) is 5.57 Å². The van der Waals surface area contributed by atoms with Crippen molar-refractivity contribution in [3.63, 3.8) is 0 Å². The van der Waals surface area contributed by atoms with Gasteiger partial charge in [0.15, 0.2) is 17.5 Å². The second-order valence-corrected chi connectivity index (χ2v) is 8.60. The lowest BCUT2D eigenvalue weighted by Crippen LogP contribution is -2.29. The molecule has 196 valence electrons. The molecule has 1 heterocycles. The Morgan fingerprint density at radius 2 is 1.69 bits per heavy atom. The van der Waals surface area contributed by atoms with Gasteiger partial charge < -0.3 is 9.47 Å². The molecule has 0 aromatic heterocycles. The van der Waals surface area contributed by atoms with Crippen molar-refractivity contribution < 1.29 is 40.2 Å². The highest BCUT2D eigenvalue weighted by molar-refractivity contribution is 5.68. The Morgan fingerprint density at radius 3 is 2.19 bits per heavy atom. The van der Waals surface area contributed by atoms with Crippen LogP contribution in [0.5, 0.6) is 5.75 Å². The van der Waals surface area contributed by atoms with E-state index in [4.69, 9.17) is 4.74 Å². The highest BCUT2D eigenvalue weighted by Gasteiger charge is 2.40. The predicted molar refractivity (Wildman–Crippen MR) is 122 cm³/mol. The van der Waals surface area contributed by atoms with Crippen molar-refractivity contribution in [2.24, 2.45) is 5.92 Å². The Hall–Kier alpha value is -2.81. The van der Waals surface area contributed by atoms with Gasteiger partial charge in [0.1, 0.15) is 23.8 Å². The van der Waals surface area contributed by atoms with Crippen molar-refractivity contribution in [3.05, 3.63) is 82.5 Å². The third-order valence-electron chi connectivity index (χ3n) is 6.26. The predicted octanol–water partition coefficient (Wildman–Crippen LogP) is 8.64. The standard InChI is InChI=1S/C27H27F7O2/c1-3-16-5-10-25(35-15-16)19-8-6-18(7-9-19)17(4-2)11-22(29)21(14-28)27(33,34)36-20-12-23(30)26(32)24(31)13-20/h6-9,11-13,16,25H,3-5,10,14-15H2,1-2H3/b17-11+,22-21-. The van der Waals surface area contributed by atoms with Gasteiger partial charge in [0.25, 0.3) is 0 Å². The third-order valence-corrected chi connectivity index (χ3v) is 6.26. The largest absolute Gasteiger partial charge is 0.429 e. The molecule has 0 N–H and O–H groups in total. The maximum absolute atomic E-state index is 14.8. The summed E-state index contributed by atoms with van der Waals surface area (Å²) in [5.74, 6) is -7.63. The second kappa shape index (κ2) is 12.0. The first-order valence-corrected chi connectivity index (χ1v) is 11.7. The first-order chi connectivity index (χ1) is 17.1. The summed E-state index contributed by atoms with van der Waals surface area (Å²) in [4.78, 5) is 0. The number of benzene rings is 2. The molecule has 0 aliphatic carbocycles. The minimum atomic E-state index is -4.59. The van der Waals surface area contributed by atoms with Crippen LogP contribution in [0.15, 0.2) is 53.9 Å². The van der Waals surface area contributed by atoms with Crippen LogP contribution in [0.2, 0.25) is 0 Å². The fourth-order valence-corrected chi connectivity index (χ4v) is 4.01. The topological polar surface area (TPSA) is 18.5 Å². The lowest BCUT2D eigenvalue weighted by Gasteiger charge is -2.28. The first-order valence-electron chi connectivity index (χ1n) is 11.7. The molecule has 1 saturated heterocycles. The maximum Gasteiger partial charge on any atom is 0.428 e. The summed E-state index contributed by atoms with van der Waals surface area (Å²) < 4.78 is 107. The van der Waals surface area contributed by atoms with E-state index < -0.39 is 47.4 Å². The van der Waals surface area contributed by atoms with Crippen LogP contribution in [0.1, 0.15) is 56.8 Å². The van der Waals surface area contributed by atoms with Gasteiger partial charge in [0.05, 0.1) is 12.7 Å². The molecule has 2 unspecified atom stereocenters. The van der Waals surface area contributed by atoms with E-state index in [-0.39, 0.29) is 24.7 Å². The Kier molecular flexibility index (Phi) is 9.22. The minimum absolute atomic E-state index is 0.0531. The highest BCUT2D eigenvalue weighted by atomic mass is 19.3. The van der Waals surface area contributed by atoms with Gasteiger partial charge in [0.2, 0.25) is 0 Å². The smallest absolute Gasteiger partial charge is 0.428 e. The van der Waals surface area contributed by atoms with Gasteiger partial charge in [-0.25, -0.2) is 22.0 Å². The van der Waals surface area contributed by atoms with Crippen LogP contribution < -0.4 is 4.74 Å². The Balaban J connectivity index is 1.82. The Morgan fingerprint density at radius 1 is 1.06 bits per heavy atom. The van der Waals surface area contributed by atoms with E-state index in [2.05, 4.69) is 11.7 Å². The molecular formula is C27H27F7O2. The molecule has 0 saturated carbocycles. The molecule has 3 rings (SSSR count). The molecule has 1 aliphatic rings. The van der Waals surface area contributed by atoms with Gasteiger partial charge in [-0.05, 0) is 48.0 Å². The fourth-order valence-electron chi connectivity index (χ4n) is 4.01. The van der Waals surface area contributed by atoms with Crippen LogP contribution >= 0.6 is 0 Å². The number of ether oxygens (including phenoxy) is 2. The average Bonchev–Trinajstić information content (AvgIpc) is 2.86. The van der Waals surface area contributed by atoms with Crippen molar-refractivity contribution in [2.45, 2.75) is 51.7 Å². The summed E-state index contributed by atoms with van der Waals surface area (Å²) in [6.45, 7) is 2.54. The molecule has 0 amide bonds. The van der Waals surface area contributed by atoms with Gasteiger partial charge in [0, 0.05) is 12.1 Å². The molecule has 1 fully saturated rings. The van der Waals surface area contributed by atoms with E-state index in [1.54, 1.807) is 19.1 Å². The fraction of sp³-hybridized carbons (Fsp3) is 0.407. The Labute approximate surface area is 205 Å². The van der Waals surface area contributed by atoms with Crippen LogP contribution in [-0.4, -0.2) is 19.4 Å². The zero-order chi connectivity index (χ0) is 26.5. The molecule has 2 atom stereocenters. The average molecular weight is 516 g/mol. The van der Waals surface area contributed by atoms with Gasteiger partial charge in [-0.15, -0.1) is 0 Å². The van der Waals surface area contributed by atoms with Crippen molar-refractivity contribution in [1.82, 2.24) is 0 Å². The molecule has 2 aromatic rings. The summed E-state index contributed by atoms with van der Waals surface area (Å²) in [6.07, 6.45) is -0.647. The zero-order valence-corrected chi connectivity index (χ0v) is 19.9. The van der Waals surface area contributed by atoms with Crippen LogP contribution in [-0.2, 0) is 4.74 Å². The summed E-state index contributed by atoms with van der Waals surface area (Å²) in [5, 5.41) is 0. The number of hydrogen-bond acceptors (Lipinski definition) is 2. The van der Waals surface area contributed by atoms with Gasteiger partial charge >= 0.3 is 6.11 Å². The normalized spacial score (nSPS) is 19.8. The summed E-state index contributed by atoms with van der Waals surface area (Å²) in [5.41, 5.74) is 0.137. The number of rotatable bonds is 9. The monoisotopic (exact) mass is 516 g/mol. The molecular weight excluding hydrogens is 489 g/mol. The lowest BCUT2D eigenvalue weighted by atomic mass is 9.92. The summed E-state index contributed by atoms with van der Waals surface area (Å²) >= 11 is 0. The van der Waals surface area contributed by atoms with Crippen LogP contribution in [0.4, 0.5) is 30.7 Å². The molecule has 2 nitrogen and oxygen atoms in total. The van der Waals surface area contributed by atoms with Gasteiger partial charge in [-0.2, -0.15) is 8.78 Å². The quantitative estimate of drug-likeness (QED) is 0.189. The van der Waals surface area contributed by atoms with Crippen molar-refractivity contribution >= 4 is 5.57 Å². The van der Waals surface area contributed by atoms with Gasteiger partial charge in [-0.1, -0.05) is 44.5 Å². The SMILES string of the molecule is CC/C(=C\C(F)=C(/CF)C(F)(F)Oc1cc(F)c(F)c(F)c1)c1ccc(C2CCC(CC)CO2)cc1.